The van der Waals surface area contributed by atoms with E-state index in [2.05, 4.69) is 0 Å². The maximum absolute atomic E-state index is 12.8. The minimum atomic E-state index is -0.240. The van der Waals surface area contributed by atoms with Crippen molar-refractivity contribution in [2.75, 3.05) is 4.90 Å². The lowest BCUT2D eigenvalue weighted by molar-refractivity contribution is -0.122. The number of benzene rings is 2. The number of allylic oxidation sites excluding steroid dienone is 2. The Bertz CT molecular complexity index is 867. The summed E-state index contributed by atoms with van der Waals surface area (Å²) in [5, 5.41) is 0. The van der Waals surface area contributed by atoms with Crippen molar-refractivity contribution in [2.45, 2.75) is 20.3 Å². The maximum Gasteiger partial charge on any atom is 0.238 e. The van der Waals surface area contributed by atoms with E-state index in [1.807, 2.05) is 50.3 Å². The van der Waals surface area contributed by atoms with Crippen LogP contribution in [0.2, 0.25) is 0 Å². The van der Waals surface area contributed by atoms with Gasteiger partial charge in [0.2, 0.25) is 11.8 Å². The first-order valence-electron chi connectivity index (χ1n) is 8.93. The molecule has 1 fully saturated rings. The van der Waals surface area contributed by atoms with Crippen molar-refractivity contribution in [2.24, 2.45) is 17.8 Å². The summed E-state index contributed by atoms with van der Waals surface area (Å²) < 4.78 is 5.82. The van der Waals surface area contributed by atoms with Gasteiger partial charge in [0.25, 0.3) is 0 Å². The normalized spacial score (nSPS) is 24.7. The monoisotopic (exact) mass is 347 g/mol. The third-order valence-electron chi connectivity index (χ3n) is 5.22. The molecule has 2 aromatic carbocycles. The Labute approximate surface area is 153 Å². The van der Waals surface area contributed by atoms with Crippen molar-refractivity contribution < 1.29 is 14.3 Å². The van der Waals surface area contributed by atoms with Gasteiger partial charge in [-0.2, -0.15) is 0 Å². The molecule has 0 saturated carbocycles. The van der Waals surface area contributed by atoms with Crippen molar-refractivity contribution in [3.63, 3.8) is 0 Å². The molecule has 4 nitrogen and oxygen atoms in total. The quantitative estimate of drug-likeness (QED) is 0.607. The van der Waals surface area contributed by atoms with E-state index >= 15 is 0 Å². The highest BCUT2D eigenvalue weighted by Crippen LogP contribution is 2.40. The number of nitrogens with zero attached hydrogens (tertiary/aromatic N) is 1. The first kappa shape index (κ1) is 16.6. The Morgan fingerprint density at radius 1 is 0.923 bits per heavy atom. The van der Waals surface area contributed by atoms with E-state index < -0.39 is 0 Å². The Morgan fingerprint density at radius 2 is 1.54 bits per heavy atom. The number of carbonyl (C=O) groups is 2. The number of aryl methyl sites for hydroxylation is 1. The van der Waals surface area contributed by atoms with Crippen molar-refractivity contribution in [1.82, 2.24) is 0 Å². The van der Waals surface area contributed by atoms with Crippen molar-refractivity contribution in [1.29, 1.82) is 0 Å². The van der Waals surface area contributed by atoms with Crippen LogP contribution in [-0.4, -0.2) is 11.8 Å². The van der Waals surface area contributed by atoms with Crippen LogP contribution in [0.5, 0.6) is 11.5 Å². The second-order valence-electron chi connectivity index (χ2n) is 7.08. The molecule has 1 heterocycles. The second-order valence-corrected chi connectivity index (χ2v) is 7.08. The number of hydrogen-bond acceptors (Lipinski definition) is 3. The minimum absolute atomic E-state index is 0.0935. The van der Waals surface area contributed by atoms with Gasteiger partial charge in [-0.1, -0.05) is 36.8 Å². The molecule has 4 rings (SSSR count). The molecule has 132 valence electrons. The standard InChI is InChI=1S/C22H21NO3/c1-14-6-10-17(11-7-14)26-18-12-8-16(9-13-18)23-21(24)19-5-3-4-15(2)20(19)22(23)25/h3-4,6-13,15,19-20H,5H2,1-2H3/t15-,19+,20-/m0/s1. The Morgan fingerprint density at radius 3 is 2.15 bits per heavy atom. The van der Waals surface area contributed by atoms with E-state index in [0.29, 0.717) is 17.9 Å². The smallest absolute Gasteiger partial charge is 0.238 e. The zero-order valence-electron chi connectivity index (χ0n) is 14.9. The van der Waals surface area contributed by atoms with E-state index in [1.165, 1.54) is 10.5 Å². The molecule has 26 heavy (non-hydrogen) atoms. The summed E-state index contributed by atoms with van der Waals surface area (Å²) in [4.78, 5) is 26.9. The zero-order valence-corrected chi connectivity index (χ0v) is 14.9. The molecule has 4 heteroatoms. The average molecular weight is 347 g/mol. The Hall–Kier alpha value is -2.88. The van der Waals surface area contributed by atoms with Gasteiger partial charge in [0.15, 0.2) is 0 Å². The third-order valence-corrected chi connectivity index (χ3v) is 5.22. The fourth-order valence-corrected chi connectivity index (χ4v) is 3.81. The van der Waals surface area contributed by atoms with Gasteiger partial charge in [-0.3, -0.25) is 14.5 Å². The summed E-state index contributed by atoms with van der Waals surface area (Å²) in [7, 11) is 0. The highest BCUT2D eigenvalue weighted by atomic mass is 16.5. The summed E-state index contributed by atoms with van der Waals surface area (Å²) in [5.74, 6) is 0.862. The number of amides is 2. The number of fused-ring (bicyclic) bond motifs is 1. The summed E-state index contributed by atoms with van der Waals surface area (Å²) in [6.45, 7) is 4.02. The van der Waals surface area contributed by atoms with E-state index in [4.69, 9.17) is 4.74 Å². The number of imide groups is 1. The van der Waals surface area contributed by atoms with Crippen LogP contribution < -0.4 is 9.64 Å². The summed E-state index contributed by atoms with van der Waals surface area (Å²) in [5.41, 5.74) is 1.78. The van der Waals surface area contributed by atoms with Crippen LogP contribution in [0.4, 0.5) is 5.69 Å². The first-order valence-corrected chi connectivity index (χ1v) is 8.93. The van der Waals surface area contributed by atoms with Crippen molar-refractivity contribution >= 4 is 17.5 Å². The van der Waals surface area contributed by atoms with Crippen molar-refractivity contribution in [3.05, 3.63) is 66.2 Å². The van der Waals surface area contributed by atoms with Gasteiger partial charge < -0.3 is 4.74 Å². The molecule has 0 radical (unpaired) electrons. The van der Waals surface area contributed by atoms with Crippen LogP contribution in [0.1, 0.15) is 18.9 Å². The van der Waals surface area contributed by atoms with E-state index in [9.17, 15) is 9.59 Å². The Balaban J connectivity index is 1.54. The van der Waals surface area contributed by atoms with Crippen LogP contribution >= 0.6 is 0 Å². The van der Waals surface area contributed by atoms with Gasteiger partial charge in [0, 0.05) is 0 Å². The van der Waals surface area contributed by atoms with Crippen LogP contribution in [0.3, 0.4) is 0 Å². The van der Waals surface area contributed by atoms with Crippen molar-refractivity contribution in [3.8, 4) is 11.5 Å². The predicted molar refractivity (Wildman–Crippen MR) is 100 cm³/mol. The van der Waals surface area contributed by atoms with Gasteiger partial charge in [-0.15, -0.1) is 0 Å². The number of carbonyl (C=O) groups excluding carboxylic acids is 2. The second kappa shape index (κ2) is 6.45. The summed E-state index contributed by atoms with van der Waals surface area (Å²) in [6.07, 6.45) is 4.69. The number of rotatable bonds is 3. The molecule has 2 aliphatic rings. The van der Waals surface area contributed by atoms with Gasteiger partial charge in [0.05, 0.1) is 17.5 Å². The molecule has 0 spiro atoms. The molecule has 2 amide bonds. The number of ether oxygens (including phenoxy) is 1. The molecule has 0 aromatic heterocycles. The molecule has 0 unspecified atom stereocenters. The topological polar surface area (TPSA) is 46.6 Å². The van der Waals surface area contributed by atoms with Gasteiger partial charge in [0.1, 0.15) is 11.5 Å². The largest absolute Gasteiger partial charge is 0.457 e. The molecular formula is C22H21NO3. The lowest BCUT2D eigenvalue weighted by atomic mass is 9.78. The molecule has 0 N–H and O–H groups in total. The highest BCUT2D eigenvalue weighted by molar-refractivity contribution is 6.22. The van der Waals surface area contributed by atoms with Gasteiger partial charge >= 0.3 is 0 Å². The predicted octanol–water partition coefficient (Wildman–Crippen LogP) is 4.49. The molecule has 1 aliphatic heterocycles. The highest BCUT2D eigenvalue weighted by Gasteiger charge is 2.50. The molecule has 1 aliphatic carbocycles. The first-order chi connectivity index (χ1) is 12.5. The average Bonchev–Trinajstić information content (AvgIpc) is 2.90. The molecular weight excluding hydrogens is 326 g/mol. The zero-order chi connectivity index (χ0) is 18.3. The van der Waals surface area contributed by atoms with E-state index in [-0.39, 0.29) is 29.6 Å². The van der Waals surface area contributed by atoms with Gasteiger partial charge in [-0.25, -0.2) is 0 Å². The number of anilines is 1. The fourth-order valence-electron chi connectivity index (χ4n) is 3.81. The molecule has 2 aromatic rings. The molecule has 3 atom stereocenters. The molecule has 1 saturated heterocycles. The summed E-state index contributed by atoms with van der Waals surface area (Å²) >= 11 is 0. The van der Waals surface area contributed by atoms with Crippen LogP contribution in [0.25, 0.3) is 0 Å². The van der Waals surface area contributed by atoms with E-state index in [0.717, 1.165) is 5.75 Å². The van der Waals surface area contributed by atoms with Crippen LogP contribution in [0.15, 0.2) is 60.7 Å². The summed E-state index contributed by atoms with van der Waals surface area (Å²) in [6, 6.07) is 14.9. The maximum atomic E-state index is 12.8. The Kier molecular flexibility index (Phi) is 4.11. The SMILES string of the molecule is Cc1ccc(Oc2ccc(N3C(=O)[C@H]4[C@@H](C)C=CC[C@H]4C3=O)cc2)cc1. The number of hydrogen-bond donors (Lipinski definition) is 0. The lowest BCUT2D eigenvalue weighted by Crippen LogP contribution is -2.31. The minimum Gasteiger partial charge on any atom is -0.457 e. The van der Waals surface area contributed by atoms with Gasteiger partial charge in [-0.05, 0) is 55.7 Å². The lowest BCUT2D eigenvalue weighted by Gasteiger charge is -2.22. The fraction of sp³-hybridized carbons (Fsp3) is 0.273. The third kappa shape index (κ3) is 2.81. The molecule has 0 bridgehead atoms. The van der Waals surface area contributed by atoms with Crippen LogP contribution in [0, 0.1) is 24.7 Å². The van der Waals surface area contributed by atoms with E-state index in [1.54, 1.807) is 24.3 Å². The van der Waals surface area contributed by atoms with Crippen LogP contribution in [-0.2, 0) is 9.59 Å².